The summed E-state index contributed by atoms with van der Waals surface area (Å²) < 4.78 is 5.46. The maximum absolute atomic E-state index is 5.65. The molecule has 0 radical (unpaired) electrons. The lowest BCUT2D eigenvalue weighted by Gasteiger charge is -2.12. The Hall–Kier alpha value is -1.29. The first-order chi connectivity index (χ1) is 7.27. The molecule has 0 aromatic heterocycles. The Kier molecular flexibility index (Phi) is 4.90. The molecule has 3 N–H and O–H groups in total. The van der Waals surface area contributed by atoms with Gasteiger partial charge in [0, 0.05) is 25.6 Å². The van der Waals surface area contributed by atoms with E-state index in [4.69, 9.17) is 10.5 Å². The van der Waals surface area contributed by atoms with Gasteiger partial charge < -0.3 is 15.8 Å². The molecule has 0 aromatic rings. The Morgan fingerprint density at radius 1 is 1.60 bits per heavy atom. The minimum atomic E-state index is 0.126. The van der Waals surface area contributed by atoms with E-state index in [1.54, 1.807) is 6.08 Å². The van der Waals surface area contributed by atoms with Crippen molar-refractivity contribution in [3.8, 4) is 0 Å². The van der Waals surface area contributed by atoms with Gasteiger partial charge in [0.2, 0.25) is 0 Å². The van der Waals surface area contributed by atoms with Crippen LogP contribution in [0.5, 0.6) is 0 Å². The second-order valence-electron chi connectivity index (χ2n) is 3.52. The van der Waals surface area contributed by atoms with E-state index < -0.39 is 0 Å². The van der Waals surface area contributed by atoms with Crippen LogP contribution < -0.4 is 11.1 Å². The maximum atomic E-state index is 5.65. The third kappa shape index (κ3) is 3.75. The van der Waals surface area contributed by atoms with Crippen molar-refractivity contribution < 1.29 is 4.74 Å². The molecule has 1 rings (SSSR count). The maximum Gasteiger partial charge on any atom is 0.188 e. The predicted molar refractivity (Wildman–Crippen MR) is 62.7 cm³/mol. The molecule has 1 aliphatic heterocycles. The van der Waals surface area contributed by atoms with Crippen LogP contribution in [-0.4, -0.2) is 31.8 Å². The molecule has 0 saturated carbocycles. The van der Waals surface area contributed by atoms with Crippen molar-refractivity contribution in [3.63, 3.8) is 0 Å². The second-order valence-corrected chi connectivity index (χ2v) is 3.52. The number of hydrogen-bond donors (Lipinski definition) is 2. The van der Waals surface area contributed by atoms with E-state index in [-0.39, 0.29) is 6.10 Å². The highest BCUT2D eigenvalue weighted by Gasteiger charge is 2.25. The molecule has 1 saturated heterocycles. The summed E-state index contributed by atoms with van der Waals surface area (Å²) in [6, 6.07) is 0. The number of aliphatic imine (C=N–C) groups is 1. The molecular formula is C11H19N3O. The average molecular weight is 209 g/mol. The molecule has 0 amide bonds. The average Bonchev–Trinajstić information content (AvgIpc) is 2.70. The molecule has 0 aliphatic carbocycles. The fourth-order valence-electron chi connectivity index (χ4n) is 1.56. The summed E-state index contributed by atoms with van der Waals surface area (Å²) in [6.07, 6.45) is 4.73. The molecule has 0 aromatic carbocycles. The SMILES string of the molecule is C=CCNC(N)=NC[C@@H]1CCO[C@H]1C=C. The molecule has 1 fully saturated rings. The molecular weight excluding hydrogens is 190 g/mol. The van der Waals surface area contributed by atoms with Gasteiger partial charge in [0.15, 0.2) is 5.96 Å². The Morgan fingerprint density at radius 3 is 3.07 bits per heavy atom. The number of rotatable bonds is 5. The number of hydrogen-bond acceptors (Lipinski definition) is 2. The summed E-state index contributed by atoms with van der Waals surface area (Å²) in [5, 5.41) is 2.93. The summed E-state index contributed by atoms with van der Waals surface area (Å²) in [7, 11) is 0. The van der Waals surface area contributed by atoms with E-state index in [9.17, 15) is 0 Å². The molecule has 1 heterocycles. The van der Waals surface area contributed by atoms with Crippen LogP contribution >= 0.6 is 0 Å². The smallest absolute Gasteiger partial charge is 0.188 e. The van der Waals surface area contributed by atoms with Crippen LogP contribution in [-0.2, 0) is 4.74 Å². The van der Waals surface area contributed by atoms with Gasteiger partial charge in [-0.15, -0.1) is 13.2 Å². The summed E-state index contributed by atoms with van der Waals surface area (Å²) >= 11 is 0. The summed E-state index contributed by atoms with van der Waals surface area (Å²) in [4.78, 5) is 4.25. The van der Waals surface area contributed by atoms with Crippen LogP contribution in [0.4, 0.5) is 0 Å². The molecule has 0 bridgehead atoms. The highest BCUT2D eigenvalue weighted by molar-refractivity contribution is 5.77. The number of nitrogens with one attached hydrogen (secondary N) is 1. The zero-order chi connectivity index (χ0) is 11.1. The summed E-state index contributed by atoms with van der Waals surface area (Å²) in [5.41, 5.74) is 5.65. The van der Waals surface area contributed by atoms with Crippen molar-refractivity contribution in [2.24, 2.45) is 16.6 Å². The van der Waals surface area contributed by atoms with Gasteiger partial charge in [-0.1, -0.05) is 12.2 Å². The number of nitrogens with two attached hydrogens (primary N) is 1. The molecule has 1 aliphatic rings. The zero-order valence-corrected chi connectivity index (χ0v) is 8.98. The Labute approximate surface area is 90.9 Å². The van der Waals surface area contributed by atoms with Crippen LogP contribution in [0, 0.1) is 5.92 Å². The monoisotopic (exact) mass is 209 g/mol. The number of guanidine groups is 1. The topological polar surface area (TPSA) is 59.6 Å². The predicted octanol–water partition coefficient (Wildman–Crippen LogP) is 0.668. The Bertz CT molecular complexity index is 250. The third-order valence-corrected chi connectivity index (χ3v) is 2.42. The molecule has 84 valence electrons. The van der Waals surface area contributed by atoms with Gasteiger partial charge in [-0.2, -0.15) is 0 Å². The van der Waals surface area contributed by atoms with Gasteiger partial charge in [-0.25, -0.2) is 0 Å². The minimum absolute atomic E-state index is 0.126. The first-order valence-electron chi connectivity index (χ1n) is 5.16. The van der Waals surface area contributed by atoms with Crippen molar-refractivity contribution in [2.75, 3.05) is 19.7 Å². The Balaban J connectivity index is 2.34. The molecule has 4 heteroatoms. The fraction of sp³-hybridized carbons (Fsp3) is 0.545. The lowest BCUT2D eigenvalue weighted by molar-refractivity contribution is 0.129. The van der Waals surface area contributed by atoms with Gasteiger partial charge >= 0.3 is 0 Å². The standard InChI is InChI=1S/C11H19N3O/c1-3-6-13-11(12)14-8-9-5-7-15-10(9)4-2/h3-4,9-10H,1-2,5-8H2,(H3,12,13,14)/t9-,10-/m0/s1. The van der Waals surface area contributed by atoms with Crippen molar-refractivity contribution in [3.05, 3.63) is 25.3 Å². The first-order valence-corrected chi connectivity index (χ1v) is 5.16. The van der Waals surface area contributed by atoms with Gasteiger partial charge in [-0.05, 0) is 6.42 Å². The van der Waals surface area contributed by atoms with Gasteiger partial charge in [0.1, 0.15) is 0 Å². The lowest BCUT2D eigenvalue weighted by Crippen LogP contribution is -2.32. The van der Waals surface area contributed by atoms with E-state index >= 15 is 0 Å². The van der Waals surface area contributed by atoms with Gasteiger partial charge in [0.25, 0.3) is 0 Å². The molecule has 0 unspecified atom stereocenters. The van der Waals surface area contributed by atoms with E-state index in [0.717, 1.165) is 13.0 Å². The van der Waals surface area contributed by atoms with E-state index in [0.29, 0.717) is 25.0 Å². The molecule has 2 atom stereocenters. The van der Waals surface area contributed by atoms with Crippen LogP contribution in [0.1, 0.15) is 6.42 Å². The van der Waals surface area contributed by atoms with Crippen molar-refractivity contribution in [2.45, 2.75) is 12.5 Å². The van der Waals surface area contributed by atoms with Crippen molar-refractivity contribution in [1.82, 2.24) is 5.32 Å². The molecule has 15 heavy (non-hydrogen) atoms. The van der Waals surface area contributed by atoms with Gasteiger partial charge in [-0.3, -0.25) is 4.99 Å². The normalized spacial score (nSPS) is 26.3. The van der Waals surface area contributed by atoms with Crippen LogP contribution in [0.2, 0.25) is 0 Å². The minimum Gasteiger partial charge on any atom is -0.374 e. The first kappa shape index (κ1) is 11.8. The van der Waals surface area contributed by atoms with Crippen molar-refractivity contribution >= 4 is 5.96 Å². The summed E-state index contributed by atoms with van der Waals surface area (Å²) in [6.45, 7) is 9.44. The highest BCUT2D eigenvalue weighted by Crippen LogP contribution is 2.21. The third-order valence-electron chi connectivity index (χ3n) is 2.42. The highest BCUT2D eigenvalue weighted by atomic mass is 16.5. The van der Waals surface area contributed by atoms with Crippen LogP contribution in [0.3, 0.4) is 0 Å². The van der Waals surface area contributed by atoms with Crippen LogP contribution in [0.25, 0.3) is 0 Å². The largest absolute Gasteiger partial charge is 0.374 e. The van der Waals surface area contributed by atoms with E-state index in [1.807, 2.05) is 6.08 Å². The molecule has 0 spiro atoms. The summed E-state index contributed by atoms with van der Waals surface area (Å²) in [5.74, 6) is 0.871. The van der Waals surface area contributed by atoms with E-state index in [2.05, 4.69) is 23.5 Å². The number of nitrogens with zero attached hydrogens (tertiary/aromatic N) is 1. The molecule has 4 nitrogen and oxygen atoms in total. The van der Waals surface area contributed by atoms with Crippen molar-refractivity contribution in [1.29, 1.82) is 0 Å². The fourth-order valence-corrected chi connectivity index (χ4v) is 1.56. The van der Waals surface area contributed by atoms with E-state index in [1.165, 1.54) is 0 Å². The second kappa shape index (κ2) is 6.24. The quantitative estimate of drug-likeness (QED) is 0.397. The zero-order valence-electron chi connectivity index (χ0n) is 8.98. The van der Waals surface area contributed by atoms with Gasteiger partial charge in [0.05, 0.1) is 6.10 Å². The number of ether oxygens (including phenoxy) is 1. The lowest BCUT2D eigenvalue weighted by atomic mass is 10.0. The van der Waals surface area contributed by atoms with Crippen LogP contribution in [0.15, 0.2) is 30.3 Å². The Morgan fingerprint density at radius 2 is 2.40 bits per heavy atom.